The highest BCUT2D eigenvalue weighted by atomic mass is 15.4. The van der Waals surface area contributed by atoms with Crippen LogP contribution in [0.5, 0.6) is 0 Å². The summed E-state index contributed by atoms with van der Waals surface area (Å²) in [5, 5.41) is 7.96. The van der Waals surface area contributed by atoms with Crippen molar-refractivity contribution in [1.29, 1.82) is 0 Å². The molecule has 2 N–H and O–H groups in total. The third kappa shape index (κ3) is 1.98. The van der Waals surface area contributed by atoms with Crippen molar-refractivity contribution in [2.24, 2.45) is 0 Å². The summed E-state index contributed by atoms with van der Waals surface area (Å²) in [6.07, 6.45) is 2.83. The minimum atomic E-state index is 0.772. The quantitative estimate of drug-likeness (QED) is 0.774. The second-order valence-corrected chi connectivity index (χ2v) is 3.46. The van der Waals surface area contributed by atoms with Crippen LogP contribution in [0, 0.1) is 0 Å². The lowest BCUT2D eigenvalue weighted by Gasteiger charge is -2.04. The lowest BCUT2D eigenvalue weighted by molar-refractivity contribution is 0.584. The number of benzene rings is 1. The summed E-state index contributed by atoms with van der Waals surface area (Å²) in [5.74, 6) is 0. The first-order chi connectivity index (χ1) is 7.31. The van der Waals surface area contributed by atoms with Crippen molar-refractivity contribution >= 4 is 5.69 Å². The Hall–Kier alpha value is -1.84. The Bertz CT molecular complexity index is 430. The van der Waals surface area contributed by atoms with Crippen LogP contribution in [0.25, 0.3) is 11.3 Å². The van der Waals surface area contributed by atoms with E-state index in [1.165, 1.54) is 0 Å². The molecule has 0 aliphatic carbocycles. The maximum Gasteiger partial charge on any atom is 0.0885 e. The molecule has 0 saturated carbocycles. The zero-order valence-corrected chi connectivity index (χ0v) is 8.72. The molecule has 0 atom stereocenters. The van der Waals surface area contributed by atoms with E-state index in [9.17, 15) is 0 Å². The predicted octanol–water partition coefficient (Wildman–Crippen LogP) is 1.94. The zero-order chi connectivity index (χ0) is 10.7. The number of nitrogens with two attached hydrogens (primary N) is 1. The number of aryl methyl sites for hydroxylation is 1. The standard InChI is InChI=1S/C11H14N4/c1-2-7-15-11(8-13-14-15)9-3-5-10(12)6-4-9/h3-6,8H,2,7,12H2,1H3. The maximum atomic E-state index is 5.64. The van der Waals surface area contributed by atoms with Gasteiger partial charge in [-0.1, -0.05) is 24.3 Å². The Labute approximate surface area is 88.7 Å². The SMILES string of the molecule is CCCn1nncc1-c1ccc(N)cc1. The van der Waals surface area contributed by atoms with E-state index < -0.39 is 0 Å². The first-order valence-electron chi connectivity index (χ1n) is 5.05. The average molecular weight is 202 g/mol. The number of anilines is 1. The van der Waals surface area contributed by atoms with Gasteiger partial charge in [-0.25, -0.2) is 4.68 Å². The van der Waals surface area contributed by atoms with Crippen LogP contribution in [0.2, 0.25) is 0 Å². The summed E-state index contributed by atoms with van der Waals surface area (Å²) in [4.78, 5) is 0. The molecule has 0 radical (unpaired) electrons. The number of hydrogen-bond acceptors (Lipinski definition) is 3. The Morgan fingerprint density at radius 3 is 2.67 bits per heavy atom. The van der Waals surface area contributed by atoms with E-state index in [0.717, 1.165) is 29.9 Å². The van der Waals surface area contributed by atoms with Crippen LogP contribution in [0.4, 0.5) is 5.69 Å². The molecule has 2 rings (SSSR count). The van der Waals surface area contributed by atoms with Crippen LogP contribution in [-0.4, -0.2) is 15.0 Å². The lowest BCUT2D eigenvalue weighted by Crippen LogP contribution is -2.01. The van der Waals surface area contributed by atoms with Crippen molar-refractivity contribution < 1.29 is 0 Å². The molecule has 0 amide bonds. The normalized spacial score (nSPS) is 10.5. The smallest absolute Gasteiger partial charge is 0.0885 e. The van der Waals surface area contributed by atoms with Gasteiger partial charge in [0, 0.05) is 17.8 Å². The monoisotopic (exact) mass is 202 g/mol. The summed E-state index contributed by atoms with van der Waals surface area (Å²) < 4.78 is 1.91. The van der Waals surface area contributed by atoms with Crippen LogP contribution < -0.4 is 5.73 Å². The first kappa shape index (κ1) is 9.71. The largest absolute Gasteiger partial charge is 0.399 e. The molecule has 1 aromatic carbocycles. The lowest BCUT2D eigenvalue weighted by atomic mass is 10.1. The van der Waals surface area contributed by atoms with E-state index in [-0.39, 0.29) is 0 Å². The molecule has 0 saturated heterocycles. The molecule has 0 spiro atoms. The molecule has 15 heavy (non-hydrogen) atoms. The van der Waals surface area contributed by atoms with Crippen LogP contribution in [0.3, 0.4) is 0 Å². The minimum Gasteiger partial charge on any atom is -0.399 e. The van der Waals surface area contributed by atoms with Crippen molar-refractivity contribution in [2.75, 3.05) is 5.73 Å². The third-order valence-corrected chi connectivity index (χ3v) is 2.26. The minimum absolute atomic E-state index is 0.772. The number of aromatic nitrogens is 3. The molecule has 0 unspecified atom stereocenters. The number of nitrogen functional groups attached to an aromatic ring is 1. The van der Waals surface area contributed by atoms with E-state index in [1.54, 1.807) is 6.20 Å². The van der Waals surface area contributed by atoms with E-state index >= 15 is 0 Å². The van der Waals surface area contributed by atoms with E-state index in [2.05, 4.69) is 17.2 Å². The molecule has 0 aliphatic heterocycles. The van der Waals surface area contributed by atoms with E-state index in [4.69, 9.17) is 5.73 Å². The Morgan fingerprint density at radius 1 is 1.27 bits per heavy atom. The van der Waals surface area contributed by atoms with E-state index in [1.807, 2.05) is 28.9 Å². The molecular formula is C11H14N4. The molecule has 78 valence electrons. The molecule has 4 heteroatoms. The fourth-order valence-corrected chi connectivity index (χ4v) is 1.51. The van der Waals surface area contributed by atoms with Crippen molar-refractivity contribution in [2.45, 2.75) is 19.9 Å². The van der Waals surface area contributed by atoms with Crippen molar-refractivity contribution in [3.63, 3.8) is 0 Å². The summed E-state index contributed by atoms with van der Waals surface area (Å²) >= 11 is 0. The molecule has 0 aliphatic rings. The molecule has 2 aromatic rings. The highest BCUT2D eigenvalue weighted by Gasteiger charge is 2.04. The third-order valence-electron chi connectivity index (χ3n) is 2.26. The van der Waals surface area contributed by atoms with Gasteiger partial charge in [-0.2, -0.15) is 0 Å². The van der Waals surface area contributed by atoms with Crippen molar-refractivity contribution in [1.82, 2.24) is 15.0 Å². The summed E-state index contributed by atoms with van der Waals surface area (Å²) in [7, 11) is 0. The van der Waals surface area contributed by atoms with E-state index in [0.29, 0.717) is 0 Å². The van der Waals surface area contributed by atoms with Gasteiger partial charge in [0.1, 0.15) is 0 Å². The highest BCUT2D eigenvalue weighted by Crippen LogP contribution is 2.19. The van der Waals surface area contributed by atoms with Crippen LogP contribution >= 0.6 is 0 Å². The van der Waals surface area contributed by atoms with Gasteiger partial charge in [0.2, 0.25) is 0 Å². The molecule has 1 heterocycles. The van der Waals surface area contributed by atoms with Crippen molar-refractivity contribution in [3.05, 3.63) is 30.5 Å². The highest BCUT2D eigenvalue weighted by molar-refractivity contribution is 5.61. The fourth-order valence-electron chi connectivity index (χ4n) is 1.51. The maximum absolute atomic E-state index is 5.64. The number of hydrogen-bond donors (Lipinski definition) is 1. The summed E-state index contributed by atoms with van der Waals surface area (Å²) in [6.45, 7) is 3.01. The van der Waals surface area contributed by atoms with Gasteiger partial charge in [0.25, 0.3) is 0 Å². The molecule has 0 bridgehead atoms. The Kier molecular flexibility index (Phi) is 2.67. The van der Waals surface area contributed by atoms with Gasteiger partial charge < -0.3 is 5.73 Å². The zero-order valence-electron chi connectivity index (χ0n) is 8.72. The van der Waals surface area contributed by atoms with Gasteiger partial charge in [-0.15, -0.1) is 5.10 Å². The number of nitrogens with zero attached hydrogens (tertiary/aromatic N) is 3. The molecular weight excluding hydrogens is 188 g/mol. The average Bonchev–Trinajstić information content (AvgIpc) is 2.68. The Morgan fingerprint density at radius 2 is 2.00 bits per heavy atom. The van der Waals surface area contributed by atoms with Gasteiger partial charge >= 0.3 is 0 Å². The second-order valence-electron chi connectivity index (χ2n) is 3.46. The Balaban J connectivity index is 2.36. The summed E-state index contributed by atoms with van der Waals surface area (Å²) in [6, 6.07) is 7.75. The van der Waals surface area contributed by atoms with Gasteiger partial charge in [0.15, 0.2) is 0 Å². The number of rotatable bonds is 3. The molecule has 1 aromatic heterocycles. The topological polar surface area (TPSA) is 56.7 Å². The van der Waals surface area contributed by atoms with Crippen LogP contribution in [-0.2, 0) is 6.54 Å². The molecule has 4 nitrogen and oxygen atoms in total. The summed E-state index contributed by atoms with van der Waals surface area (Å²) in [5.41, 5.74) is 8.55. The van der Waals surface area contributed by atoms with Crippen LogP contribution in [0.15, 0.2) is 30.5 Å². The fraction of sp³-hybridized carbons (Fsp3) is 0.273. The first-order valence-corrected chi connectivity index (χ1v) is 5.05. The van der Waals surface area contributed by atoms with Gasteiger partial charge in [-0.05, 0) is 18.6 Å². The van der Waals surface area contributed by atoms with Gasteiger partial charge in [0.05, 0.1) is 11.9 Å². The predicted molar refractivity (Wildman–Crippen MR) is 60.2 cm³/mol. The second kappa shape index (κ2) is 4.13. The van der Waals surface area contributed by atoms with Gasteiger partial charge in [-0.3, -0.25) is 0 Å². The van der Waals surface area contributed by atoms with Crippen LogP contribution in [0.1, 0.15) is 13.3 Å². The van der Waals surface area contributed by atoms with Crippen molar-refractivity contribution in [3.8, 4) is 11.3 Å². The molecule has 0 fully saturated rings.